The number of carbonyl (C=O) groups excluding carboxylic acids is 1. The van der Waals surface area contributed by atoms with Crippen LogP contribution in [0.5, 0.6) is 0 Å². The number of halogens is 1. The van der Waals surface area contributed by atoms with E-state index in [1.807, 2.05) is 6.92 Å². The summed E-state index contributed by atoms with van der Waals surface area (Å²) in [6.45, 7) is 2.03. The number of rotatable bonds is 6. The van der Waals surface area contributed by atoms with Crippen molar-refractivity contribution < 1.29 is 13.2 Å². The second-order valence-electron chi connectivity index (χ2n) is 7.53. The second kappa shape index (κ2) is 8.28. The van der Waals surface area contributed by atoms with Gasteiger partial charge in [-0.1, -0.05) is 0 Å². The molecule has 3 rings (SSSR count). The molecular weight excluding hydrogens is 390 g/mol. The highest BCUT2D eigenvalue weighted by molar-refractivity contribution is 7.88. The Morgan fingerprint density at radius 3 is 2.89 bits per heavy atom. The molecule has 0 radical (unpaired) electrons. The van der Waals surface area contributed by atoms with Crippen LogP contribution in [-0.2, 0) is 21.4 Å². The number of carbonyl (C=O) groups is 1. The van der Waals surface area contributed by atoms with Crippen molar-refractivity contribution in [2.24, 2.45) is 11.8 Å². The Morgan fingerprint density at radius 1 is 1.37 bits per heavy atom. The fourth-order valence-electron chi connectivity index (χ4n) is 3.88. The largest absolute Gasteiger partial charge is 0.353 e. The van der Waals surface area contributed by atoms with Gasteiger partial charge < -0.3 is 10.6 Å². The Balaban J connectivity index is 1.62. The predicted octanol–water partition coefficient (Wildman–Crippen LogP) is 1.24. The van der Waals surface area contributed by atoms with E-state index >= 15 is 0 Å². The molecule has 1 aliphatic carbocycles. The average molecular weight is 416 g/mol. The van der Waals surface area contributed by atoms with Crippen molar-refractivity contribution in [2.75, 3.05) is 11.6 Å². The zero-order valence-electron chi connectivity index (χ0n) is 15.5. The summed E-state index contributed by atoms with van der Waals surface area (Å²) in [6.07, 6.45) is 6.28. The topological polar surface area (TPSA) is 113 Å². The van der Waals surface area contributed by atoms with E-state index in [0.29, 0.717) is 17.6 Å². The smallest absolute Gasteiger partial charge is 0.225 e. The van der Waals surface area contributed by atoms with Crippen molar-refractivity contribution in [3.05, 3.63) is 18.0 Å². The highest BCUT2D eigenvalue weighted by Gasteiger charge is 2.41. The van der Waals surface area contributed by atoms with Gasteiger partial charge in [-0.15, -0.1) is 11.6 Å². The molecule has 2 fully saturated rings. The lowest BCUT2D eigenvalue weighted by atomic mass is 9.74. The minimum atomic E-state index is -3.29. The van der Waals surface area contributed by atoms with Crippen LogP contribution < -0.4 is 15.4 Å². The van der Waals surface area contributed by atoms with Crippen LogP contribution in [-0.4, -0.2) is 48.0 Å². The van der Waals surface area contributed by atoms with E-state index in [-0.39, 0.29) is 35.8 Å². The molecule has 2 heterocycles. The molecule has 0 bridgehead atoms. The Hall–Kier alpha value is -1.45. The van der Waals surface area contributed by atoms with E-state index < -0.39 is 10.0 Å². The van der Waals surface area contributed by atoms with Crippen LogP contribution in [0.15, 0.2) is 12.3 Å². The van der Waals surface area contributed by atoms with Crippen LogP contribution in [0.25, 0.3) is 0 Å². The minimum absolute atomic E-state index is 0.0548. The first-order valence-electron chi connectivity index (χ1n) is 9.19. The van der Waals surface area contributed by atoms with Crippen LogP contribution in [0.1, 0.15) is 38.3 Å². The fraction of sp³-hybridized carbons (Fsp3) is 0.706. The summed E-state index contributed by atoms with van der Waals surface area (Å²) in [6, 6.07) is 1.73. The number of hydrogen-bond donors (Lipinski definition) is 3. The lowest BCUT2D eigenvalue weighted by Gasteiger charge is -2.42. The maximum atomic E-state index is 12.5. The zero-order valence-corrected chi connectivity index (χ0v) is 17.1. The standard InChI is InChI=1S/C17H26ClN5O3S/c1-10(14-8-11-7-12(18)3-4-15(11)23-16(14)24)21-17-19-6-5-13(22-17)9-20-27(2,25)26/h5-6,10-12,14-15,20H,3-4,7-9H2,1-2H3,(H,23,24)(H,19,21,22)/t10-,11?,12?,14?,15?/m0/s1. The minimum Gasteiger partial charge on any atom is -0.353 e. The summed E-state index contributed by atoms with van der Waals surface area (Å²) in [4.78, 5) is 21.1. The number of aromatic nitrogens is 2. The molecule has 1 aliphatic heterocycles. The second-order valence-corrected chi connectivity index (χ2v) is 9.98. The van der Waals surface area contributed by atoms with Crippen LogP contribution >= 0.6 is 11.6 Å². The maximum Gasteiger partial charge on any atom is 0.225 e. The quantitative estimate of drug-likeness (QED) is 0.602. The molecular formula is C17H26ClN5O3S. The van der Waals surface area contributed by atoms with E-state index in [4.69, 9.17) is 11.6 Å². The summed E-state index contributed by atoms with van der Waals surface area (Å²) in [5, 5.41) is 6.53. The van der Waals surface area contributed by atoms with Crippen LogP contribution in [0.4, 0.5) is 5.95 Å². The lowest BCUT2D eigenvalue weighted by Crippen LogP contribution is -2.55. The normalized spacial score (nSPS) is 29.5. The Morgan fingerprint density at radius 2 is 2.15 bits per heavy atom. The average Bonchev–Trinajstić information content (AvgIpc) is 2.59. The van der Waals surface area contributed by atoms with Gasteiger partial charge in [-0.25, -0.2) is 23.1 Å². The van der Waals surface area contributed by atoms with Crippen molar-refractivity contribution in [3.8, 4) is 0 Å². The van der Waals surface area contributed by atoms with Gasteiger partial charge in [0.25, 0.3) is 0 Å². The third kappa shape index (κ3) is 5.52. The zero-order chi connectivity index (χ0) is 19.6. The monoisotopic (exact) mass is 415 g/mol. The third-order valence-corrected chi connectivity index (χ3v) is 6.39. The van der Waals surface area contributed by atoms with Crippen molar-refractivity contribution in [1.82, 2.24) is 20.0 Å². The van der Waals surface area contributed by atoms with E-state index in [1.165, 1.54) is 0 Å². The van der Waals surface area contributed by atoms with Gasteiger partial charge in [0.2, 0.25) is 21.9 Å². The Labute approximate surface area is 164 Å². The van der Waals surface area contributed by atoms with Gasteiger partial charge in [0.15, 0.2) is 0 Å². The number of nitrogens with one attached hydrogen (secondary N) is 3. The van der Waals surface area contributed by atoms with Gasteiger partial charge in [-0.2, -0.15) is 0 Å². The van der Waals surface area contributed by atoms with Crippen LogP contribution in [0, 0.1) is 11.8 Å². The molecule has 150 valence electrons. The van der Waals surface area contributed by atoms with Gasteiger partial charge in [0, 0.05) is 23.7 Å². The maximum absolute atomic E-state index is 12.5. The third-order valence-electron chi connectivity index (χ3n) is 5.33. The predicted molar refractivity (Wildman–Crippen MR) is 104 cm³/mol. The van der Waals surface area contributed by atoms with Crippen molar-refractivity contribution in [2.45, 2.75) is 56.6 Å². The molecule has 2 aliphatic rings. The number of sulfonamides is 1. The van der Waals surface area contributed by atoms with E-state index in [9.17, 15) is 13.2 Å². The molecule has 1 aromatic rings. The molecule has 8 nitrogen and oxygen atoms in total. The molecule has 27 heavy (non-hydrogen) atoms. The number of piperidine rings is 1. The summed E-state index contributed by atoms with van der Waals surface area (Å²) < 4.78 is 24.9. The summed E-state index contributed by atoms with van der Waals surface area (Å²) in [5.41, 5.74) is 0.551. The molecule has 1 saturated heterocycles. The summed E-state index contributed by atoms with van der Waals surface area (Å²) in [5.74, 6) is 0.650. The first kappa shape index (κ1) is 20.3. The molecule has 3 N–H and O–H groups in total. The first-order chi connectivity index (χ1) is 12.7. The highest BCUT2D eigenvalue weighted by Crippen LogP contribution is 2.36. The van der Waals surface area contributed by atoms with Crippen molar-refractivity contribution >= 4 is 33.5 Å². The van der Waals surface area contributed by atoms with Gasteiger partial charge in [-0.05, 0) is 44.6 Å². The number of amides is 1. The van der Waals surface area contributed by atoms with E-state index in [0.717, 1.165) is 31.9 Å². The molecule has 1 saturated carbocycles. The van der Waals surface area contributed by atoms with Gasteiger partial charge >= 0.3 is 0 Å². The van der Waals surface area contributed by atoms with Crippen LogP contribution in [0.2, 0.25) is 0 Å². The van der Waals surface area contributed by atoms with Gasteiger partial charge in [-0.3, -0.25) is 4.79 Å². The number of fused-ring (bicyclic) bond motifs is 1. The van der Waals surface area contributed by atoms with Gasteiger partial charge in [0.05, 0.1) is 24.4 Å². The molecule has 5 atom stereocenters. The Bertz CT molecular complexity index is 791. The Kier molecular flexibility index (Phi) is 6.22. The first-order valence-corrected chi connectivity index (χ1v) is 11.5. The van der Waals surface area contributed by atoms with Crippen LogP contribution in [0.3, 0.4) is 0 Å². The highest BCUT2D eigenvalue weighted by atomic mass is 35.5. The number of alkyl halides is 1. The molecule has 1 aromatic heterocycles. The van der Waals surface area contributed by atoms with Crippen molar-refractivity contribution in [1.29, 1.82) is 0 Å². The number of hydrogen-bond acceptors (Lipinski definition) is 6. The molecule has 0 spiro atoms. The molecule has 0 aromatic carbocycles. The van der Waals surface area contributed by atoms with E-state index in [1.54, 1.807) is 12.3 Å². The SMILES string of the molecule is C[C@H](Nc1nccc(CNS(C)(=O)=O)n1)C1CC2CC(Cl)CCC2NC1=O. The van der Waals surface area contributed by atoms with E-state index in [2.05, 4.69) is 25.3 Å². The summed E-state index contributed by atoms with van der Waals surface area (Å²) >= 11 is 6.31. The molecule has 1 amide bonds. The number of anilines is 1. The number of nitrogens with zero attached hydrogens (tertiary/aromatic N) is 2. The van der Waals surface area contributed by atoms with Crippen molar-refractivity contribution in [3.63, 3.8) is 0 Å². The lowest BCUT2D eigenvalue weighted by molar-refractivity contribution is -0.130. The fourth-order valence-corrected chi connectivity index (χ4v) is 4.65. The molecule has 4 unspecified atom stereocenters. The molecule has 10 heteroatoms. The summed E-state index contributed by atoms with van der Waals surface area (Å²) in [7, 11) is -3.29. The van der Waals surface area contributed by atoms with Gasteiger partial charge in [0.1, 0.15) is 0 Å².